The van der Waals surface area contributed by atoms with Gasteiger partial charge in [-0.3, -0.25) is 4.31 Å². The predicted octanol–water partition coefficient (Wildman–Crippen LogP) is 2.54. The number of sulfonamides is 1. The van der Waals surface area contributed by atoms with Gasteiger partial charge in [0.1, 0.15) is 18.0 Å². The number of nitrogens with zero attached hydrogens (tertiary/aromatic N) is 2. The summed E-state index contributed by atoms with van der Waals surface area (Å²) in [5, 5.41) is 0. The van der Waals surface area contributed by atoms with Gasteiger partial charge in [-0.1, -0.05) is 35.9 Å². The number of hydrogen-bond acceptors (Lipinski definition) is 4. The molecule has 5 nitrogen and oxygen atoms in total. The van der Waals surface area contributed by atoms with Crippen LogP contribution in [0.5, 0.6) is 5.75 Å². The molecule has 0 aliphatic carbocycles. The first kappa shape index (κ1) is 15.3. The van der Waals surface area contributed by atoms with Gasteiger partial charge in [-0.15, -0.1) is 0 Å². The first-order chi connectivity index (χ1) is 11.5. The molecule has 0 amide bonds. The van der Waals surface area contributed by atoms with Crippen LogP contribution in [0.3, 0.4) is 0 Å². The molecule has 0 saturated heterocycles. The van der Waals surface area contributed by atoms with Crippen molar-refractivity contribution in [1.29, 1.82) is 0 Å². The van der Waals surface area contributed by atoms with E-state index >= 15 is 0 Å². The van der Waals surface area contributed by atoms with Crippen LogP contribution >= 0.6 is 0 Å². The Balaban J connectivity index is 1.70. The zero-order valence-electron chi connectivity index (χ0n) is 13.6. The van der Waals surface area contributed by atoms with E-state index in [1.165, 1.54) is 4.31 Å². The Bertz CT molecular complexity index is 862. The van der Waals surface area contributed by atoms with Gasteiger partial charge < -0.3 is 9.64 Å². The number of anilines is 2. The van der Waals surface area contributed by atoms with Crippen LogP contribution < -0.4 is 13.9 Å². The molecule has 0 radical (unpaired) electrons. The molecule has 2 aromatic rings. The Morgan fingerprint density at radius 2 is 1.83 bits per heavy atom. The lowest BCUT2D eigenvalue weighted by Crippen LogP contribution is -2.47. The SMILES string of the molecule is Cc1ccc(CS(=O)(=O)N2CCN3CCOc4cccc2c43)cc1. The fourth-order valence-corrected chi connectivity index (χ4v) is 4.92. The second-order valence-corrected chi connectivity index (χ2v) is 8.17. The predicted molar refractivity (Wildman–Crippen MR) is 95.3 cm³/mol. The van der Waals surface area contributed by atoms with Crippen LogP contribution in [0, 0.1) is 6.92 Å². The summed E-state index contributed by atoms with van der Waals surface area (Å²) in [5.74, 6) is 0.784. The Labute approximate surface area is 142 Å². The first-order valence-corrected chi connectivity index (χ1v) is 9.72. The van der Waals surface area contributed by atoms with Crippen molar-refractivity contribution in [1.82, 2.24) is 0 Å². The van der Waals surface area contributed by atoms with Crippen LogP contribution in [0.2, 0.25) is 0 Å². The summed E-state index contributed by atoms with van der Waals surface area (Å²) in [6.45, 7) is 4.61. The highest BCUT2D eigenvalue weighted by molar-refractivity contribution is 7.92. The Kier molecular flexibility index (Phi) is 3.64. The molecule has 0 N–H and O–H groups in total. The maximum Gasteiger partial charge on any atom is 0.239 e. The van der Waals surface area contributed by atoms with Crippen molar-refractivity contribution < 1.29 is 13.2 Å². The molecule has 0 aromatic heterocycles. The number of rotatable bonds is 3. The molecule has 2 aliphatic rings. The summed E-state index contributed by atoms with van der Waals surface area (Å²) in [6, 6.07) is 13.3. The van der Waals surface area contributed by atoms with Crippen LogP contribution in [-0.4, -0.2) is 34.7 Å². The van der Waals surface area contributed by atoms with Crippen LogP contribution in [0.1, 0.15) is 11.1 Å². The minimum Gasteiger partial charge on any atom is -0.489 e. The normalized spacial score (nSPS) is 16.5. The molecule has 0 spiro atoms. The maximum atomic E-state index is 13.0. The summed E-state index contributed by atoms with van der Waals surface area (Å²) in [4.78, 5) is 2.21. The standard InChI is InChI=1S/C18H20N2O3S/c1-14-5-7-15(8-6-14)13-24(21,22)20-10-9-19-11-12-23-17-4-2-3-16(20)18(17)19/h2-8H,9-13H2,1H3. The smallest absolute Gasteiger partial charge is 0.239 e. The van der Waals surface area contributed by atoms with Gasteiger partial charge in [-0.25, -0.2) is 8.42 Å². The second kappa shape index (κ2) is 5.70. The van der Waals surface area contributed by atoms with Crippen LogP contribution in [0.15, 0.2) is 42.5 Å². The lowest BCUT2D eigenvalue weighted by Gasteiger charge is -2.41. The fourth-order valence-electron chi connectivity index (χ4n) is 3.34. The first-order valence-electron chi connectivity index (χ1n) is 8.11. The van der Waals surface area contributed by atoms with E-state index in [-0.39, 0.29) is 5.75 Å². The molecule has 2 heterocycles. The van der Waals surface area contributed by atoms with Crippen LogP contribution in [-0.2, 0) is 15.8 Å². The van der Waals surface area contributed by atoms with Gasteiger partial charge in [0.25, 0.3) is 0 Å². The van der Waals surface area contributed by atoms with Crippen molar-refractivity contribution in [2.45, 2.75) is 12.7 Å². The quantitative estimate of drug-likeness (QED) is 0.859. The Morgan fingerprint density at radius 3 is 2.62 bits per heavy atom. The number of para-hydroxylation sites is 1. The molecule has 24 heavy (non-hydrogen) atoms. The minimum atomic E-state index is -3.44. The molecule has 0 unspecified atom stereocenters. The largest absolute Gasteiger partial charge is 0.489 e. The van der Waals surface area contributed by atoms with Crippen molar-refractivity contribution >= 4 is 21.4 Å². The van der Waals surface area contributed by atoms with Crippen LogP contribution in [0.4, 0.5) is 11.4 Å². The van der Waals surface area contributed by atoms with E-state index in [4.69, 9.17) is 4.74 Å². The number of hydrogen-bond donors (Lipinski definition) is 0. The lowest BCUT2D eigenvalue weighted by atomic mass is 10.1. The lowest BCUT2D eigenvalue weighted by molar-refractivity contribution is 0.307. The Morgan fingerprint density at radius 1 is 1.04 bits per heavy atom. The molecule has 6 heteroatoms. The number of ether oxygens (including phenoxy) is 1. The highest BCUT2D eigenvalue weighted by Gasteiger charge is 2.34. The molecule has 126 valence electrons. The zero-order valence-corrected chi connectivity index (χ0v) is 14.4. The molecule has 0 bridgehead atoms. The molecule has 0 saturated carbocycles. The Hall–Kier alpha value is -2.21. The summed E-state index contributed by atoms with van der Waals surface area (Å²) in [7, 11) is -3.44. The van der Waals surface area contributed by atoms with Crippen molar-refractivity contribution in [3.8, 4) is 5.75 Å². The summed E-state index contributed by atoms with van der Waals surface area (Å²) in [5.41, 5.74) is 3.57. The van der Waals surface area contributed by atoms with Gasteiger partial charge in [-0.05, 0) is 24.6 Å². The summed E-state index contributed by atoms with van der Waals surface area (Å²) < 4.78 is 33.2. The van der Waals surface area contributed by atoms with Gasteiger partial charge >= 0.3 is 0 Å². The van der Waals surface area contributed by atoms with E-state index in [9.17, 15) is 8.42 Å². The van der Waals surface area contributed by atoms with Crippen molar-refractivity contribution in [2.75, 3.05) is 35.4 Å². The highest BCUT2D eigenvalue weighted by atomic mass is 32.2. The number of benzene rings is 2. The van der Waals surface area contributed by atoms with E-state index in [0.29, 0.717) is 19.7 Å². The highest BCUT2D eigenvalue weighted by Crippen LogP contribution is 2.43. The van der Waals surface area contributed by atoms with E-state index in [1.54, 1.807) is 0 Å². The second-order valence-electron chi connectivity index (χ2n) is 6.27. The van der Waals surface area contributed by atoms with Crippen molar-refractivity contribution in [3.63, 3.8) is 0 Å². The van der Waals surface area contributed by atoms with Crippen LogP contribution in [0.25, 0.3) is 0 Å². The zero-order chi connectivity index (χ0) is 16.7. The molecular weight excluding hydrogens is 324 g/mol. The third-order valence-corrected chi connectivity index (χ3v) is 6.31. The van der Waals surface area contributed by atoms with Gasteiger partial charge in [0.05, 0.1) is 24.5 Å². The van der Waals surface area contributed by atoms with E-state index < -0.39 is 10.0 Å². The fraction of sp³-hybridized carbons (Fsp3) is 0.333. The summed E-state index contributed by atoms with van der Waals surface area (Å²) in [6.07, 6.45) is 0. The van der Waals surface area contributed by atoms with E-state index in [2.05, 4.69) is 4.90 Å². The third-order valence-electron chi connectivity index (χ3n) is 4.56. The van der Waals surface area contributed by atoms with Gasteiger partial charge in [-0.2, -0.15) is 0 Å². The average molecular weight is 344 g/mol. The molecule has 0 fully saturated rings. The number of aryl methyl sites for hydroxylation is 1. The molecule has 4 rings (SSSR count). The topological polar surface area (TPSA) is 49.9 Å². The molecule has 2 aromatic carbocycles. The maximum absolute atomic E-state index is 13.0. The molecular formula is C18H20N2O3S. The van der Waals surface area contributed by atoms with Gasteiger partial charge in [0.2, 0.25) is 10.0 Å². The minimum absolute atomic E-state index is 0.0117. The summed E-state index contributed by atoms with van der Waals surface area (Å²) >= 11 is 0. The average Bonchev–Trinajstić information content (AvgIpc) is 2.57. The van der Waals surface area contributed by atoms with E-state index in [0.717, 1.165) is 34.8 Å². The van der Waals surface area contributed by atoms with Gasteiger partial charge in [0.15, 0.2) is 0 Å². The molecule has 0 atom stereocenters. The van der Waals surface area contributed by atoms with Crippen molar-refractivity contribution in [2.24, 2.45) is 0 Å². The third kappa shape index (κ3) is 2.60. The monoisotopic (exact) mass is 344 g/mol. The van der Waals surface area contributed by atoms with E-state index in [1.807, 2.05) is 49.4 Å². The molecule has 2 aliphatic heterocycles. The van der Waals surface area contributed by atoms with Crippen molar-refractivity contribution in [3.05, 3.63) is 53.6 Å². The van der Waals surface area contributed by atoms with Gasteiger partial charge in [0, 0.05) is 6.54 Å².